The van der Waals surface area contributed by atoms with E-state index in [0.29, 0.717) is 6.54 Å². The van der Waals surface area contributed by atoms with Gasteiger partial charge in [0.2, 0.25) is 10.0 Å². The molecule has 2 aliphatic carbocycles. The highest BCUT2D eigenvalue weighted by molar-refractivity contribution is 7.90. The van der Waals surface area contributed by atoms with Gasteiger partial charge in [0.25, 0.3) is 0 Å². The fourth-order valence-electron chi connectivity index (χ4n) is 2.62. The van der Waals surface area contributed by atoms with E-state index in [0.717, 1.165) is 36.9 Å². The molecule has 1 heterocycles. The van der Waals surface area contributed by atoms with Crippen molar-refractivity contribution in [1.82, 2.24) is 19.1 Å². The maximum atomic E-state index is 12.5. The molecule has 0 aliphatic heterocycles. The zero-order chi connectivity index (χ0) is 15.2. The predicted octanol–water partition coefficient (Wildman–Crippen LogP) is 1.72. The lowest BCUT2D eigenvalue weighted by Gasteiger charge is -2.22. The van der Waals surface area contributed by atoms with Crippen molar-refractivity contribution < 1.29 is 8.42 Å². The summed E-state index contributed by atoms with van der Waals surface area (Å²) in [5, 5.41) is 3.95. The van der Waals surface area contributed by atoms with Crippen molar-refractivity contribution in [2.24, 2.45) is 0 Å². The molecule has 7 heteroatoms. The van der Waals surface area contributed by atoms with Crippen LogP contribution >= 0.6 is 0 Å². The summed E-state index contributed by atoms with van der Waals surface area (Å²) < 4.78 is 28.5. The maximum absolute atomic E-state index is 12.5. The van der Waals surface area contributed by atoms with Crippen LogP contribution in [0.1, 0.15) is 31.2 Å². The van der Waals surface area contributed by atoms with Crippen molar-refractivity contribution in [2.45, 2.75) is 43.5 Å². The van der Waals surface area contributed by atoms with Crippen LogP contribution in [0.2, 0.25) is 0 Å². The summed E-state index contributed by atoms with van der Waals surface area (Å²) in [7, 11) is -3.11. The molecule has 0 radical (unpaired) electrons. The quantitative estimate of drug-likeness (QED) is 0.813. The van der Waals surface area contributed by atoms with Crippen LogP contribution in [0, 0.1) is 0 Å². The van der Waals surface area contributed by atoms with Gasteiger partial charge < -0.3 is 0 Å². The Morgan fingerprint density at radius 3 is 2.41 bits per heavy atom. The van der Waals surface area contributed by atoms with Gasteiger partial charge in [-0.1, -0.05) is 12.1 Å². The van der Waals surface area contributed by atoms with Gasteiger partial charge in [-0.05, 0) is 43.4 Å². The molecule has 1 aromatic heterocycles. The highest BCUT2D eigenvalue weighted by Gasteiger charge is 2.45. The Morgan fingerprint density at radius 2 is 1.86 bits per heavy atom. The molecular formula is C15H18N4O2S. The van der Waals surface area contributed by atoms with Crippen LogP contribution in [0.4, 0.5) is 0 Å². The second kappa shape index (κ2) is 5.17. The van der Waals surface area contributed by atoms with Crippen LogP contribution in [0.15, 0.2) is 36.9 Å². The van der Waals surface area contributed by atoms with Crippen LogP contribution in [0.25, 0.3) is 5.69 Å². The SMILES string of the molecule is O=S(=O)(C1CC1)N(Cc1ccc(-n2cncn2)cc1)C1CC1. The molecular weight excluding hydrogens is 300 g/mol. The van der Waals surface area contributed by atoms with Crippen molar-refractivity contribution in [3.63, 3.8) is 0 Å². The van der Waals surface area contributed by atoms with Gasteiger partial charge in [0.1, 0.15) is 12.7 Å². The van der Waals surface area contributed by atoms with Crippen LogP contribution in [0.5, 0.6) is 0 Å². The summed E-state index contributed by atoms with van der Waals surface area (Å²) in [6.45, 7) is 0.473. The van der Waals surface area contributed by atoms with Gasteiger partial charge in [-0.3, -0.25) is 0 Å². The summed E-state index contributed by atoms with van der Waals surface area (Å²) in [4.78, 5) is 3.92. The van der Waals surface area contributed by atoms with Gasteiger partial charge >= 0.3 is 0 Å². The first-order valence-corrected chi connectivity index (χ1v) is 9.09. The molecule has 0 spiro atoms. The molecule has 2 aromatic rings. The zero-order valence-electron chi connectivity index (χ0n) is 12.2. The number of aromatic nitrogens is 3. The zero-order valence-corrected chi connectivity index (χ0v) is 13.0. The largest absolute Gasteiger partial charge is 0.223 e. The van der Waals surface area contributed by atoms with Crippen LogP contribution < -0.4 is 0 Å². The van der Waals surface area contributed by atoms with E-state index in [1.807, 2.05) is 24.3 Å². The molecule has 0 bridgehead atoms. The minimum atomic E-state index is -3.11. The molecule has 116 valence electrons. The van der Waals surface area contributed by atoms with E-state index in [2.05, 4.69) is 10.1 Å². The first-order chi connectivity index (χ1) is 10.6. The molecule has 22 heavy (non-hydrogen) atoms. The van der Waals surface area contributed by atoms with Gasteiger partial charge in [-0.25, -0.2) is 18.1 Å². The number of hydrogen-bond acceptors (Lipinski definition) is 4. The molecule has 0 atom stereocenters. The Balaban J connectivity index is 1.54. The van der Waals surface area contributed by atoms with Gasteiger partial charge in [-0.15, -0.1) is 0 Å². The highest BCUT2D eigenvalue weighted by Crippen LogP contribution is 2.38. The number of benzene rings is 1. The van der Waals surface area contributed by atoms with E-state index in [-0.39, 0.29) is 11.3 Å². The second-order valence-electron chi connectivity index (χ2n) is 6.03. The molecule has 0 amide bonds. The minimum absolute atomic E-state index is 0.137. The first-order valence-electron chi connectivity index (χ1n) is 7.59. The minimum Gasteiger partial charge on any atom is -0.223 e. The highest BCUT2D eigenvalue weighted by atomic mass is 32.2. The second-order valence-corrected chi connectivity index (χ2v) is 8.19. The summed E-state index contributed by atoms with van der Waals surface area (Å²) in [6.07, 6.45) is 6.74. The fourth-order valence-corrected chi connectivity index (χ4v) is 4.69. The molecule has 0 unspecified atom stereocenters. The van der Waals surface area contributed by atoms with E-state index in [1.165, 1.54) is 6.33 Å². The normalized spacial score (nSPS) is 18.8. The molecule has 2 aliphatic rings. The topological polar surface area (TPSA) is 68.1 Å². The van der Waals surface area contributed by atoms with E-state index < -0.39 is 10.0 Å². The lowest BCUT2D eigenvalue weighted by Crippen LogP contribution is -2.35. The average molecular weight is 318 g/mol. The standard InChI is InChI=1S/C15H18N4O2S/c20-22(21,15-7-8-15)19(14-5-6-14)9-12-1-3-13(4-2-12)18-11-16-10-17-18/h1-4,10-11,14-15H,5-9H2. The lowest BCUT2D eigenvalue weighted by atomic mass is 10.2. The number of nitrogens with zero attached hydrogens (tertiary/aromatic N) is 4. The van der Waals surface area contributed by atoms with Crippen molar-refractivity contribution in [3.05, 3.63) is 42.5 Å². The third-order valence-corrected chi connectivity index (χ3v) is 6.58. The summed E-state index contributed by atoms with van der Waals surface area (Å²) in [5.41, 5.74) is 1.93. The third-order valence-electron chi connectivity index (χ3n) is 4.18. The Morgan fingerprint density at radius 1 is 1.14 bits per heavy atom. The molecule has 1 aromatic carbocycles. The van der Waals surface area contributed by atoms with Crippen molar-refractivity contribution in [2.75, 3.05) is 0 Å². The van der Waals surface area contributed by atoms with Crippen molar-refractivity contribution >= 4 is 10.0 Å². The van der Waals surface area contributed by atoms with Gasteiger partial charge in [-0.2, -0.15) is 9.40 Å². The Kier molecular flexibility index (Phi) is 3.27. The van der Waals surface area contributed by atoms with Gasteiger partial charge in [0.15, 0.2) is 0 Å². The molecule has 0 saturated heterocycles. The van der Waals surface area contributed by atoms with E-state index in [1.54, 1.807) is 15.3 Å². The summed E-state index contributed by atoms with van der Waals surface area (Å²) in [6, 6.07) is 8.03. The van der Waals surface area contributed by atoms with Crippen LogP contribution in [-0.2, 0) is 16.6 Å². The Bertz CT molecular complexity index is 747. The van der Waals surface area contributed by atoms with Gasteiger partial charge in [0.05, 0.1) is 10.9 Å². The smallest absolute Gasteiger partial charge is 0.217 e. The molecule has 0 N–H and O–H groups in total. The van der Waals surface area contributed by atoms with E-state index in [4.69, 9.17) is 0 Å². The summed E-state index contributed by atoms with van der Waals surface area (Å²) in [5.74, 6) is 0. The van der Waals surface area contributed by atoms with E-state index in [9.17, 15) is 8.42 Å². The molecule has 6 nitrogen and oxygen atoms in total. The Hall–Kier alpha value is -1.73. The number of hydrogen-bond donors (Lipinski definition) is 0. The Labute approximate surface area is 129 Å². The van der Waals surface area contributed by atoms with Crippen LogP contribution in [0.3, 0.4) is 0 Å². The van der Waals surface area contributed by atoms with Crippen molar-refractivity contribution in [1.29, 1.82) is 0 Å². The van der Waals surface area contributed by atoms with Gasteiger partial charge in [0, 0.05) is 12.6 Å². The average Bonchev–Trinajstić information content (AvgIpc) is 3.44. The molecule has 2 saturated carbocycles. The predicted molar refractivity (Wildman–Crippen MR) is 81.9 cm³/mol. The monoisotopic (exact) mass is 318 g/mol. The number of sulfonamides is 1. The van der Waals surface area contributed by atoms with E-state index >= 15 is 0 Å². The maximum Gasteiger partial charge on any atom is 0.217 e. The molecule has 2 fully saturated rings. The third kappa shape index (κ3) is 2.66. The number of rotatable bonds is 6. The first kappa shape index (κ1) is 13.9. The lowest BCUT2D eigenvalue weighted by molar-refractivity contribution is 0.397. The van der Waals surface area contributed by atoms with Crippen LogP contribution in [-0.4, -0.2) is 38.8 Å². The van der Waals surface area contributed by atoms with Crippen molar-refractivity contribution in [3.8, 4) is 5.69 Å². The fraction of sp³-hybridized carbons (Fsp3) is 0.467. The summed E-state index contributed by atoms with van der Waals surface area (Å²) >= 11 is 0. The molecule has 4 rings (SSSR count).